The van der Waals surface area contributed by atoms with E-state index in [-0.39, 0.29) is 4.91 Å². The number of ether oxygens (including phenoxy) is 2. The number of amides is 2. The average molecular weight is 429 g/mol. The molecule has 0 radical (unpaired) electrons. The Bertz CT molecular complexity index is 1020. The smallest absolute Gasteiger partial charge is 0.328 e. The van der Waals surface area contributed by atoms with Crippen LogP contribution in [0.5, 0.6) is 5.75 Å². The van der Waals surface area contributed by atoms with Gasteiger partial charge in [0.1, 0.15) is 11.8 Å². The Kier molecular flexibility index (Phi) is 6.36. The Balaban J connectivity index is 1.92. The summed E-state index contributed by atoms with van der Waals surface area (Å²) in [5, 5.41) is -0.482. The molecular formula is C22H24N2O5S. The average Bonchev–Trinajstić information content (AvgIpc) is 3.16. The fraction of sp³-hybridized carbons (Fsp3) is 0.318. The van der Waals surface area contributed by atoms with Crippen LogP contribution in [0.15, 0.2) is 35.2 Å². The van der Waals surface area contributed by atoms with E-state index in [0.29, 0.717) is 6.61 Å². The van der Waals surface area contributed by atoms with Gasteiger partial charge >= 0.3 is 5.97 Å². The molecule has 3 rings (SSSR count). The summed E-state index contributed by atoms with van der Waals surface area (Å²) in [7, 11) is 1.23. The second kappa shape index (κ2) is 8.79. The van der Waals surface area contributed by atoms with Crippen LogP contribution in [-0.2, 0) is 14.3 Å². The van der Waals surface area contributed by atoms with Crippen LogP contribution in [0.3, 0.4) is 0 Å². The predicted molar refractivity (Wildman–Crippen MR) is 116 cm³/mol. The molecule has 1 aromatic heterocycles. The number of aromatic nitrogens is 1. The quantitative estimate of drug-likeness (QED) is 0.509. The third-order valence-electron chi connectivity index (χ3n) is 4.92. The summed E-state index contributed by atoms with van der Waals surface area (Å²) >= 11 is 0.825. The van der Waals surface area contributed by atoms with E-state index in [1.165, 1.54) is 14.0 Å². The molecule has 1 unspecified atom stereocenters. The van der Waals surface area contributed by atoms with E-state index >= 15 is 0 Å². The first kappa shape index (κ1) is 21.7. The number of imide groups is 1. The number of benzene rings is 1. The highest BCUT2D eigenvalue weighted by Crippen LogP contribution is 2.35. The number of rotatable bonds is 6. The topological polar surface area (TPSA) is 77.8 Å². The Hall–Kier alpha value is -3.00. The maximum Gasteiger partial charge on any atom is 0.328 e. The van der Waals surface area contributed by atoms with Gasteiger partial charge in [0.05, 0.1) is 18.6 Å². The second-order valence-electron chi connectivity index (χ2n) is 6.84. The molecule has 0 aliphatic carbocycles. The van der Waals surface area contributed by atoms with E-state index in [2.05, 4.69) is 9.30 Å². The summed E-state index contributed by atoms with van der Waals surface area (Å²) in [6.45, 7) is 7.95. The summed E-state index contributed by atoms with van der Waals surface area (Å²) < 4.78 is 12.2. The maximum atomic E-state index is 12.7. The van der Waals surface area contributed by atoms with E-state index in [9.17, 15) is 14.4 Å². The lowest BCUT2D eigenvalue weighted by molar-refractivity contribution is -0.148. The van der Waals surface area contributed by atoms with Crippen molar-refractivity contribution in [3.63, 3.8) is 0 Å². The number of esters is 1. The van der Waals surface area contributed by atoms with Crippen LogP contribution in [-0.4, -0.2) is 46.3 Å². The largest absolute Gasteiger partial charge is 0.494 e. The van der Waals surface area contributed by atoms with Crippen molar-refractivity contribution in [1.29, 1.82) is 0 Å². The summed E-state index contributed by atoms with van der Waals surface area (Å²) in [5.41, 5.74) is 3.73. The van der Waals surface area contributed by atoms with Crippen LogP contribution in [0.2, 0.25) is 0 Å². The normalized spacial score (nSPS) is 16.3. The lowest BCUT2D eigenvalue weighted by Crippen LogP contribution is -2.42. The number of nitrogens with zero attached hydrogens (tertiary/aromatic N) is 2. The van der Waals surface area contributed by atoms with Gasteiger partial charge in [-0.2, -0.15) is 0 Å². The third kappa shape index (κ3) is 4.00. The van der Waals surface area contributed by atoms with Gasteiger partial charge in [0, 0.05) is 17.1 Å². The SMILES string of the molecule is CCOc1ccc(-n2c(C)cc(/C=C3\SC(=O)N(C(C)C(=O)OC)C3=O)c2C)cc1. The standard InChI is InChI=1S/C22H24N2O5S/c1-6-29-18-9-7-17(8-10-18)23-13(2)11-16(14(23)3)12-19-20(25)24(22(27)30-19)15(4)21(26)28-5/h7-12,15H,6H2,1-5H3/b19-12-. The van der Waals surface area contributed by atoms with Crippen molar-refractivity contribution in [3.8, 4) is 11.4 Å². The highest BCUT2D eigenvalue weighted by atomic mass is 32.2. The maximum absolute atomic E-state index is 12.7. The molecular weight excluding hydrogens is 404 g/mol. The van der Waals surface area contributed by atoms with E-state index in [1.807, 2.05) is 51.1 Å². The fourth-order valence-electron chi connectivity index (χ4n) is 3.42. The number of hydrogen-bond acceptors (Lipinski definition) is 6. The summed E-state index contributed by atoms with van der Waals surface area (Å²) in [6, 6.07) is 8.77. The molecule has 0 bridgehead atoms. The molecule has 0 saturated carbocycles. The summed E-state index contributed by atoms with van der Waals surface area (Å²) in [4.78, 5) is 38.0. The number of aryl methyl sites for hydroxylation is 1. The Labute approximate surface area is 179 Å². The van der Waals surface area contributed by atoms with Crippen LogP contribution in [0, 0.1) is 13.8 Å². The van der Waals surface area contributed by atoms with E-state index in [1.54, 1.807) is 6.08 Å². The van der Waals surface area contributed by atoms with Gasteiger partial charge in [-0.1, -0.05) is 0 Å². The molecule has 2 amide bonds. The molecule has 30 heavy (non-hydrogen) atoms. The van der Waals surface area contributed by atoms with Crippen molar-refractivity contribution < 1.29 is 23.9 Å². The lowest BCUT2D eigenvalue weighted by atomic mass is 10.2. The van der Waals surface area contributed by atoms with Gasteiger partial charge in [-0.05, 0) is 81.4 Å². The van der Waals surface area contributed by atoms with Crippen molar-refractivity contribution in [2.24, 2.45) is 0 Å². The van der Waals surface area contributed by atoms with Gasteiger partial charge in [0.25, 0.3) is 11.1 Å². The van der Waals surface area contributed by atoms with Gasteiger partial charge in [0.15, 0.2) is 0 Å². The minimum atomic E-state index is -0.968. The molecule has 2 aromatic rings. The molecule has 1 aliphatic rings. The Morgan fingerprint density at radius 1 is 1.20 bits per heavy atom. The van der Waals surface area contributed by atoms with Gasteiger partial charge in [-0.3, -0.25) is 14.5 Å². The van der Waals surface area contributed by atoms with Gasteiger partial charge in [0.2, 0.25) is 0 Å². The minimum Gasteiger partial charge on any atom is -0.494 e. The number of methoxy groups -OCH3 is 1. The van der Waals surface area contributed by atoms with Crippen molar-refractivity contribution in [3.05, 3.63) is 52.2 Å². The lowest BCUT2D eigenvalue weighted by Gasteiger charge is -2.18. The first-order valence-corrected chi connectivity index (χ1v) is 10.4. The molecule has 1 aromatic carbocycles. The van der Waals surface area contributed by atoms with Gasteiger partial charge < -0.3 is 14.0 Å². The molecule has 1 saturated heterocycles. The Morgan fingerprint density at radius 2 is 1.87 bits per heavy atom. The molecule has 1 fully saturated rings. The molecule has 158 valence electrons. The Morgan fingerprint density at radius 3 is 2.47 bits per heavy atom. The van der Waals surface area contributed by atoms with Gasteiger partial charge in [-0.15, -0.1) is 0 Å². The molecule has 0 N–H and O–H groups in total. The molecule has 8 heteroatoms. The molecule has 1 atom stereocenters. The third-order valence-corrected chi connectivity index (χ3v) is 5.80. The van der Waals surface area contributed by atoms with Gasteiger partial charge in [-0.25, -0.2) is 4.79 Å². The molecule has 0 spiro atoms. The predicted octanol–water partition coefficient (Wildman–Crippen LogP) is 4.09. The summed E-state index contributed by atoms with van der Waals surface area (Å²) in [5.74, 6) is -0.321. The number of thioether (sulfide) groups is 1. The van der Waals surface area contributed by atoms with Crippen molar-refractivity contribution in [2.45, 2.75) is 33.7 Å². The number of hydrogen-bond donors (Lipinski definition) is 0. The van der Waals surface area contributed by atoms with Crippen LogP contribution >= 0.6 is 11.8 Å². The number of carbonyl (C=O) groups is 3. The first-order valence-electron chi connectivity index (χ1n) is 9.55. The monoisotopic (exact) mass is 428 g/mol. The highest BCUT2D eigenvalue weighted by Gasteiger charge is 2.41. The minimum absolute atomic E-state index is 0.280. The van der Waals surface area contributed by atoms with Crippen molar-refractivity contribution in [1.82, 2.24) is 9.47 Å². The first-order chi connectivity index (χ1) is 14.3. The fourth-order valence-corrected chi connectivity index (χ4v) is 4.32. The molecule has 2 heterocycles. The summed E-state index contributed by atoms with van der Waals surface area (Å²) in [6.07, 6.45) is 1.70. The zero-order valence-corrected chi connectivity index (χ0v) is 18.4. The van der Waals surface area contributed by atoms with Crippen molar-refractivity contribution >= 4 is 35.0 Å². The van der Waals surface area contributed by atoms with E-state index in [0.717, 1.165) is 45.1 Å². The van der Waals surface area contributed by atoms with E-state index in [4.69, 9.17) is 4.74 Å². The van der Waals surface area contributed by atoms with E-state index < -0.39 is 23.2 Å². The zero-order chi connectivity index (χ0) is 22.0. The van der Waals surface area contributed by atoms with Crippen LogP contribution in [0.1, 0.15) is 30.8 Å². The molecule has 1 aliphatic heterocycles. The molecule has 7 nitrogen and oxygen atoms in total. The van der Waals surface area contributed by atoms with Crippen molar-refractivity contribution in [2.75, 3.05) is 13.7 Å². The zero-order valence-electron chi connectivity index (χ0n) is 17.6. The van der Waals surface area contributed by atoms with Crippen LogP contribution < -0.4 is 4.74 Å². The number of carbonyl (C=O) groups excluding carboxylic acids is 3. The highest BCUT2D eigenvalue weighted by molar-refractivity contribution is 8.18. The van der Waals surface area contributed by atoms with Crippen LogP contribution in [0.4, 0.5) is 4.79 Å². The second-order valence-corrected chi connectivity index (χ2v) is 7.83. The van der Waals surface area contributed by atoms with Crippen LogP contribution in [0.25, 0.3) is 11.8 Å².